The summed E-state index contributed by atoms with van der Waals surface area (Å²) in [4.78, 5) is 3.45. The van der Waals surface area contributed by atoms with Crippen molar-refractivity contribution in [1.82, 2.24) is 14.6 Å². The van der Waals surface area contributed by atoms with Crippen molar-refractivity contribution in [3.8, 4) is 0 Å². The van der Waals surface area contributed by atoms with Gasteiger partial charge in [-0.2, -0.15) is 13.2 Å². The van der Waals surface area contributed by atoms with Crippen LogP contribution in [0.1, 0.15) is 11.4 Å². The summed E-state index contributed by atoms with van der Waals surface area (Å²) in [7, 11) is 0. The van der Waals surface area contributed by atoms with E-state index in [0.29, 0.717) is 10.9 Å². The zero-order valence-electron chi connectivity index (χ0n) is 7.29. The number of halogens is 4. The number of hydrogen-bond acceptors (Lipinski definition) is 2. The highest BCUT2D eigenvalue weighted by Gasteiger charge is 2.36. The van der Waals surface area contributed by atoms with Crippen molar-refractivity contribution in [3.05, 3.63) is 29.7 Å². The molecule has 2 rings (SSSR count). The standard InChI is InChI=1S/C8H5BrF3N3/c9-4-5-2-1-3-15-6(5)13-7(14-15)8(10,11)12/h1-3H,4H2. The second-order valence-electron chi connectivity index (χ2n) is 2.87. The molecule has 2 heterocycles. The number of rotatable bonds is 1. The molecule has 0 bridgehead atoms. The van der Waals surface area contributed by atoms with Crippen LogP contribution in [0.2, 0.25) is 0 Å². The zero-order valence-corrected chi connectivity index (χ0v) is 8.88. The summed E-state index contributed by atoms with van der Waals surface area (Å²) in [6.07, 6.45) is -3.07. The number of hydrogen-bond donors (Lipinski definition) is 0. The first-order chi connectivity index (χ1) is 7.02. The fourth-order valence-corrected chi connectivity index (χ4v) is 1.62. The second-order valence-corrected chi connectivity index (χ2v) is 3.43. The van der Waals surface area contributed by atoms with Crippen LogP contribution in [0.5, 0.6) is 0 Å². The van der Waals surface area contributed by atoms with Crippen LogP contribution in [0.15, 0.2) is 18.3 Å². The van der Waals surface area contributed by atoms with Crippen LogP contribution in [0.4, 0.5) is 13.2 Å². The highest BCUT2D eigenvalue weighted by atomic mass is 79.9. The summed E-state index contributed by atoms with van der Waals surface area (Å²) in [5.41, 5.74) is 0.891. The van der Waals surface area contributed by atoms with Crippen molar-refractivity contribution in [1.29, 1.82) is 0 Å². The van der Waals surface area contributed by atoms with Crippen LogP contribution in [0.25, 0.3) is 5.65 Å². The molecule has 0 aliphatic rings. The predicted octanol–water partition coefficient (Wildman–Crippen LogP) is 2.64. The Morgan fingerprint density at radius 1 is 1.40 bits per heavy atom. The molecule has 0 unspecified atom stereocenters. The quantitative estimate of drug-likeness (QED) is 0.752. The van der Waals surface area contributed by atoms with Crippen LogP contribution in [-0.4, -0.2) is 14.6 Å². The van der Waals surface area contributed by atoms with Gasteiger partial charge in [-0.3, -0.25) is 0 Å². The predicted molar refractivity (Wildman–Crippen MR) is 50.6 cm³/mol. The maximum absolute atomic E-state index is 12.3. The van der Waals surface area contributed by atoms with E-state index in [4.69, 9.17) is 0 Å². The van der Waals surface area contributed by atoms with Crippen molar-refractivity contribution < 1.29 is 13.2 Å². The summed E-state index contributed by atoms with van der Waals surface area (Å²) >= 11 is 3.18. The molecular formula is C8H5BrF3N3. The average Bonchev–Trinajstić information content (AvgIpc) is 2.59. The molecule has 2 aromatic rings. The Labute approximate surface area is 91.1 Å². The molecule has 15 heavy (non-hydrogen) atoms. The van der Waals surface area contributed by atoms with Crippen molar-refractivity contribution in [2.45, 2.75) is 11.5 Å². The third kappa shape index (κ3) is 1.83. The maximum atomic E-state index is 12.3. The van der Waals surface area contributed by atoms with E-state index >= 15 is 0 Å². The Bertz CT molecular complexity index is 491. The van der Waals surface area contributed by atoms with Crippen LogP contribution in [0.3, 0.4) is 0 Å². The summed E-state index contributed by atoms with van der Waals surface area (Å²) in [6.45, 7) is 0. The SMILES string of the molecule is FC(F)(F)c1nc2c(CBr)cccn2n1. The van der Waals surface area contributed by atoms with E-state index in [1.54, 1.807) is 12.1 Å². The van der Waals surface area contributed by atoms with Gasteiger partial charge in [0.25, 0.3) is 5.82 Å². The Morgan fingerprint density at radius 2 is 2.13 bits per heavy atom. The fourth-order valence-electron chi connectivity index (χ4n) is 1.19. The van der Waals surface area contributed by atoms with Gasteiger partial charge in [0, 0.05) is 17.1 Å². The van der Waals surface area contributed by atoms with E-state index in [9.17, 15) is 13.2 Å². The minimum absolute atomic E-state index is 0.224. The lowest BCUT2D eigenvalue weighted by Gasteiger charge is -1.96. The van der Waals surface area contributed by atoms with Gasteiger partial charge in [-0.1, -0.05) is 22.0 Å². The van der Waals surface area contributed by atoms with Gasteiger partial charge in [0.2, 0.25) is 0 Å². The van der Waals surface area contributed by atoms with Gasteiger partial charge in [-0.15, -0.1) is 5.10 Å². The Morgan fingerprint density at radius 3 is 2.73 bits per heavy atom. The number of alkyl halides is 4. The van der Waals surface area contributed by atoms with E-state index in [-0.39, 0.29) is 5.65 Å². The van der Waals surface area contributed by atoms with E-state index in [0.717, 1.165) is 4.52 Å². The average molecular weight is 280 g/mol. The van der Waals surface area contributed by atoms with E-state index in [2.05, 4.69) is 26.0 Å². The lowest BCUT2D eigenvalue weighted by atomic mass is 10.3. The molecule has 0 aliphatic heterocycles. The molecule has 2 aromatic heterocycles. The smallest absolute Gasteiger partial charge is 0.220 e. The monoisotopic (exact) mass is 279 g/mol. The molecule has 0 N–H and O–H groups in total. The third-order valence-corrected chi connectivity index (χ3v) is 2.44. The molecule has 0 aromatic carbocycles. The molecule has 0 atom stereocenters. The first-order valence-corrected chi connectivity index (χ1v) is 5.12. The summed E-state index contributed by atoms with van der Waals surface area (Å²) in [5.74, 6) is -1.11. The topological polar surface area (TPSA) is 30.2 Å². The molecule has 0 saturated carbocycles. The van der Waals surface area contributed by atoms with Crippen molar-refractivity contribution in [3.63, 3.8) is 0 Å². The molecule has 7 heteroatoms. The molecule has 80 valence electrons. The highest BCUT2D eigenvalue weighted by molar-refractivity contribution is 9.08. The number of pyridine rings is 1. The van der Waals surface area contributed by atoms with Gasteiger partial charge in [0.1, 0.15) is 0 Å². The first kappa shape index (κ1) is 10.4. The van der Waals surface area contributed by atoms with Gasteiger partial charge >= 0.3 is 6.18 Å². The molecule has 3 nitrogen and oxygen atoms in total. The van der Waals surface area contributed by atoms with Crippen molar-refractivity contribution >= 4 is 21.6 Å². The fraction of sp³-hybridized carbons (Fsp3) is 0.250. The number of nitrogens with zero attached hydrogens (tertiary/aromatic N) is 3. The second kappa shape index (κ2) is 3.48. The molecule has 0 amide bonds. The van der Waals surface area contributed by atoms with Gasteiger partial charge < -0.3 is 0 Å². The highest BCUT2D eigenvalue weighted by Crippen LogP contribution is 2.27. The molecule has 0 fully saturated rings. The molecular weight excluding hydrogens is 275 g/mol. The van der Waals surface area contributed by atoms with Crippen LogP contribution in [-0.2, 0) is 11.5 Å². The summed E-state index contributed by atoms with van der Waals surface area (Å²) in [6, 6.07) is 3.32. The minimum Gasteiger partial charge on any atom is -0.220 e. The number of fused-ring (bicyclic) bond motifs is 1. The van der Waals surface area contributed by atoms with Gasteiger partial charge in [-0.25, -0.2) is 9.50 Å². The normalized spacial score (nSPS) is 12.3. The molecule has 0 spiro atoms. The Kier molecular flexibility index (Phi) is 2.41. The van der Waals surface area contributed by atoms with E-state index in [1.807, 2.05) is 0 Å². The summed E-state index contributed by atoms with van der Waals surface area (Å²) < 4.78 is 38.1. The molecule has 0 aliphatic carbocycles. The first-order valence-electron chi connectivity index (χ1n) is 4.00. The van der Waals surface area contributed by atoms with Crippen molar-refractivity contribution in [2.75, 3.05) is 0 Å². The van der Waals surface area contributed by atoms with E-state index in [1.165, 1.54) is 6.20 Å². The van der Waals surface area contributed by atoms with Gasteiger partial charge in [0.05, 0.1) is 0 Å². The van der Waals surface area contributed by atoms with Crippen LogP contribution < -0.4 is 0 Å². The molecule has 0 saturated heterocycles. The number of aromatic nitrogens is 3. The lowest BCUT2D eigenvalue weighted by Crippen LogP contribution is -2.07. The van der Waals surface area contributed by atoms with Crippen LogP contribution >= 0.6 is 15.9 Å². The maximum Gasteiger partial charge on any atom is 0.453 e. The summed E-state index contributed by atoms with van der Waals surface area (Å²) in [5, 5.41) is 3.79. The van der Waals surface area contributed by atoms with Crippen molar-refractivity contribution in [2.24, 2.45) is 0 Å². The zero-order chi connectivity index (χ0) is 11.1. The van der Waals surface area contributed by atoms with E-state index < -0.39 is 12.0 Å². The Hall–Kier alpha value is -1.11. The molecule has 0 radical (unpaired) electrons. The van der Waals surface area contributed by atoms with Crippen LogP contribution in [0, 0.1) is 0 Å². The Balaban J connectivity index is 2.65. The minimum atomic E-state index is -4.50. The lowest BCUT2D eigenvalue weighted by molar-refractivity contribution is -0.144. The van der Waals surface area contributed by atoms with Gasteiger partial charge in [-0.05, 0) is 6.07 Å². The van der Waals surface area contributed by atoms with Gasteiger partial charge in [0.15, 0.2) is 5.65 Å². The third-order valence-electron chi connectivity index (χ3n) is 1.84. The largest absolute Gasteiger partial charge is 0.453 e.